The smallest absolute Gasteiger partial charge is 0.264 e. The lowest BCUT2D eigenvalue weighted by Crippen LogP contribution is -2.53. The Kier molecular flexibility index (Phi) is 12.2. The van der Waals surface area contributed by atoms with Gasteiger partial charge in [0.05, 0.1) is 24.8 Å². The second-order valence-electron chi connectivity index (χ2n) is 10.6. The van der Waals surface area contributed by atoms with Crippen molar-refractivity contribution in [3.63, 3.8) is 0 Å². The lowest BCUT2D eigenvalue weighted by Gasteiger charge is -2.34. The monoisotopic (exact) mass is 681 g/mol. The Balaban J connectivity index is 1.82. The van der Waals surface area contributed by atoms with Gasteiger partial charge in [-0.1, -0.05) is 67.1 Å². The number of methoxy groups -OCH3 is 2. The Morgan fingerprint density at radius 2 is 1.55 bits per heavy atom. The predicted octanol–water partition coefficient (Wildman–Crippen LogP) is 5.86. The highest BCUT2D eigenvalue weighted by molar-refractivity contribution is 7.92. The molecule has 9 nitrogen and oxygen atoms in total. The van der Waals surface area contributed by atoms with Crippen molar-refractivity contribution in [2.75, 3.05) is 31.6 Å². The largest absolute Gasteiger partial charge is 0.493 e. The molecule has 1 N–H and O–H groups in total. The van der Waals surface area contributed by atoms with Crippen LogP contribution in [0, 0.1) is 5.82 Å². The number of hydrogen-bond donors (Lipinski definition) is 1. The van der Waals surface area contributed by atoms with Crippen LogP contribution < -0.4 is 19.1 Å². The number of nitrogens with one attached hydrogen (secondary N) is 1. The number of benzene rings is 4. The van der Waals surface area contributed by atoms with Gasteiger partial charge in [-0.15, -0.1) is 0 Å². The topological polar surface area (TPSA) is 105 Å². The number of nitrogens with zero attached hydrogens (tertiary/aromatic N) is 2. The van der Waals surface area contributed by atoms with Crippen LogP contribution in [0.25, 0.3) is 0 Å². The summed E-state index contributed by atoms with van der Waals surface area (Å²) in [6, 6.07) is 24.0. The summed E-state index contributed by atoms with van der Waals surface area (Å²) >= 11 is 6.12. The van der Waals surface area contributed by atoms with Gasteiger partial charge in [-0.25, -0.2) is 12.8 Å². The van der Waals surface area contributed by atoms with E-state index in [0.29, 0.717) is 23.7 Å². The van der Waals surface area contributed by atoms with Gasteiger partial charge in [-0.05, 0) is 54.4 Å². The zero-order valence-electron chi connectivity index (χ0n) is 26.4. The molecule has 1 atom stereocenters. The minimum Gasteiger partial charge on any atom is -0.493 e. The standard InChI is InChI=1S/C35H37ClFN3O6S/c1-4-20-38-35(42)31(21-25-10-6-5-7-11-25)39(23-26-12-8-9-13-30(26)37)34(41)24-40(28-16-14-27(36)15-17-28)47(43,44)29-18-19-32(45-2)33(22-29)46-3/h5-19,22,31H,4,20-21,23-24H2,1-3H3,(H,38,42)/t31-/m0/s1. The maximum absolute atomic E-state index is 15.0. The van der Waals surface area contributed by atoms with Crippen LogP contribution in [0.3, 0.4) is 0 Å². The van der Waals surface area contributed by atoms with E-state index >= 15 is 4.39 Å². The first kappa shape index (κ1) is 35.2. The molecular formula is C35H37ClFN3O6S. The van der Waals surface area contributed by atoms with Crippen LogP contribution in [0.5, 0.6) is 11.5 Å². The number of rotatable bonds is 15. The van der Waals surface area contributed by atoms with Crippen LogP contribution in [0.4, 0.5) is 10.1 Å². The zero-order chi connectivity index (χ0) is 34.0. The fourth-order valence-corrected chi connectivity index (χ4v) is 6.53. The Morgan fingerprint density at radius 1 is 0.894 bits per heavy atom. The lowest BCUT2D eigenvalue weighted by atomic mass is 10.0. The van der Waals surface area contributed by atoms with E-state index in [1.54, 1.807) is 6.07 Å². The number of ether oxygens (including phenoxy) is 2. The number of carbonyl (C=O) groups excluding carboxylic acids is 2. The summed E-state index contributed by atoms with van der Waals surface area (Å²) in [4.78, 5) is 29.2. The first-order valence-electron chi connectivity index (χ1n) is 14.9. The molecule has 4 aromatic carbocycles. The number of sulfonamides is 1. The molecule has 0 radical (unpaired) electrons. The van der Waals surface area contributed by atoms with Gasteiger partial charge in [0.15, 0.2) is 11.5 Å². The highest BCUT2D eigenvalue weighted by Crippen LogP contribution is 2.33. The van der Waals surface area contributed by atoms with E-state index < -0.39 is 40.2 Å². The fourth-order valence-electron chi connectivity index (χ4n) is 4.97. The third-order valence-corrected chi connectivity index (χ3v) is 9.48. The van der Waals surface area contributed by atoms with Crippen LogP contribution >= 0.6 is 11.6 Å². The Hall–Kier alpha value is -4.61. The molecule has 47 heavy (non-hydrogen) atoms. The van der Waals surface area contributed by atoms with E-state index in [9.17, 15) is 18.0 Å². The highest BCUT2D eigenvalue weighted by atomic mass is 35.5. The maximum Gasteiger partial charge on any atom is 0.264 e. The molecule has 12 heteroatoms. The van der Waals surface area contributed by atoms with Crippen LogP contribution in [-0.4, -0.2) is 58.5 Å². The van der Waals surface area contributed by atoms with E-state index in [1.165, 1.54) is 79.8 Å². The van der Waals surface area contributed by atoms with E-state index in [-0.39, 0.29) is 34.9 Å². The zero-order valence-corrected chi connectivity index (χ0v) is 27.9. The molecule has 0 fully saturated rings. The molecule has 4 aromatic rings. The second-order valence-corrected chi connectivity index (χ2v) is 12.9. The first-order chi connectivity index (χ1) is 22.6. The molecule has 0 spiro atoms. The number of carbonyl (C=O) groups is 2. The Labute approximate surface area is 279 Å². The van der Waals surface area contributed by atoms with Gasteiger partial charge in [-0.3, -0.25) is 13.9 Å². The maximum atomic E-state index is 15.0. The van der Waals surface area contributed by atoms with Crippen LogP contribution in [0.2, 0.25) is 5.02 Å². The van der Waals surface area contributed by atoms with Gasteiger partial charge >= 0.3 is 0 Å². The second kappa shape index (κ2) is 16.3. The molecule has 0 saturated heterocycles. The van der Waals surface area contributed by atoms with Crippen molar-refractivity contribution in [3.05, 3.63) is 119 Å². The minimum atomic E-state index is -4.42. The van der Waals surface area contributed by atoms with Gasteiger partial charge in [-0.2, -0.15) is 0 Å². The molecule has 0 aliphatic carbocycles. The summed E-state index contributed by atoms with van der Waals surface area (Å²) in [7, 11) is -1.61. The summed E-state index contributed by atoms with van der Waals surface area (Å²) < 4.78 is 55.1. The van der Waals surface area contributed by atoms with Crippen molar-refractivity contribution in [2.45, 2.75) is 37.2 Å². The van der Waals surface area contributed by atoms with Gasteiger partial charge < -0.3 is 19.7 Å². The Bertz CT molecular complexity index is 1770. The van der Waals surface area contributed by atoms with Crippen molar-refractivity contribution in [1.29, 1.82) is 0 Å². The summed E-state index contributed by atoms with van der Waals surface area (Å²) in [5.74, 6) is -1.24. The van der Waals surface area contributed by atoms with Gasteiger partial charge in [0.25, 0.3) is 10.0 Å². The number of amides is 2. The van der Waals surface area contributed by atoms with Crippen molar-refractivity contribution < 1.29 is 31.9 Å². The van der Waals surface area contributed by atoms with E-state index in [2.05, 4.69) is 5.32 Å². The average molecular weight is 682 g/mol. The lowest BCUT2D eigenvalue weighted by molar-refractivity contribution is -0.140. The Morgan fingerprint density at radius 3 is 2.19 bits per heavy atom. The summed E-state index contributed by atoms with van der Waals surface area (Å²) in [5.41, 5.74) is 1.09. The molecule has 0 saturated carbocycles. The van der Waals surface area contributed by atoms with Crippen LogP contribution in [-0.2, 0) is 32.6 Å². The van der Waals surface area contributed by atoms with E-state index in [4.69, 9.17) is 21.1 Å². The van der Waals surface area contributed by atoms with Crippen molar-refractivity contribution in [3.8, 4) is 11.5 Å². The quantitative estimate of drug-likeness (QED) is 0.169. The van der Waals surface area contributed by atoms with Crippen molar-refractivity contribution in [2.24, 2.45) is 0 Å². The normalized spacial score (nSPS) is 11.8. The van der Waals surface area contributed by atoms with E-state index in [0.717, 1.165) is 9.87 Å². The third-order valence-electron chi connectivity index (χ3n) is 7.46. The average Bonchev–Trinajstić information content (AvgIpc) is 3.08. The van der Waals surface area contributed by atoms with Crippen LogP contribution in [0.1, 0.15) is 24.5 Å². The molecule has 248 valence electrons. The predicted molar refractivity (Wildman–Crippen MR) is 180 cm³/mol. The summed E-state index contributed by atoms with van der Waals surface area (Å²) in [6.07, 6.45) is 0.763. The van der Waals surface area contributed by atoms with Gasteiger partial charge in [0.2, 0.25) is 11.8 Å². The molecule has 0 bridgehead atoms. The summed E-state index contributed by atoms with van der Waals surface area (Å²) in [6.45, 7) is 1.26. The highest BCUT2D eigenvalue weighted by Gasteiger charge is 2.35. The molecule has 0 heterocycles. The van der Waals surface area contributed by atoms with E-state index in [1.807, 2.05) is 37.3 Å². The molecule has 0 aliphatic heterocycles. The number of halogens is 2. The molecule has 4 rings (SSSR count). The van der Waals surface area contributed by atoms with Crippen molar-refractivity contribution >= 4 is 39.1 Å². The number of anilines is 1. The van der Waals surface area contributed by atoms with Crippen molar-refractivity contribution in [1.82, 2.24) is 10.2 Å². The molecule has 0 aromatic heterocycles. The minimum absolute atomic E-state index is 0.111. The third kappa shape index (κ3) is 8.81. The first-order valence-corrected chi connectivity index (χ1v) is 16.8. The van der Waals surface area contributed by atoms with Crippen LogP contribution in [0.15, 0.2) is 102 Å². The SMILES string of the molecule is CCCNC(=O)[C@H](Cc1ccccc1)N(Cc1ccccc1F)C(=O)CN(c1ccc(Cl)cc1)S(=O)(=O)c1ccc(OC)c(OC)c1. The molecular weight excluding hydrogens is 645 g/mol. The van der Waals surface area contributed by atoms with Gasteiger partial charge in [0, 0.05) is 36.2 Å². The fraction of sp³-hybridized carbons (Fsp3) is 0.257. The summed E-state index contributed by atoms with van der Waals surface area (Å²) in [5, 5.41) is 3.22. The molecule has 0 aliphatic rings. The molecule has 2 amide bonds. The number of hydrogen-bond acceptors (Lipinski definition) is 6. The van der Waals surface area contributed by atoms with Gasteiger partial charge in [0.1, 0.15) is 18.4 Å². The molecule has 0 unspecified atom stereocenters.